The van der Waals surface area contributed by atoms with Gasteiger partial charge in [-0.25, -0.2) is 9.48 Å². The molecule has 0 saturated heterocycles. The van der Waals surface area contributed by atoms with Gasteiger partial charge in [0.25, 0.3) is 5.91 Å². The van der Waals surface area contributed by atoms with Crippen LogP contribution in [-0.2, 0) is 20.7 Å². The number of carbonyl (C=O) groups excluding carboxylic acids is 2. The van der Waals surface area contributed by atoms with E-state index >= 15 is 0 Å². The quantitative estimate of drug-likeness (QED) is 0.713. The van der Waals surface area contributed by atoms with Gasteiger partial charge in [0.2, 0.25) is 0 Å². The Morgan fingerprint density at radius 1 is 1.30 bits per heavy atom. The maximum atomic E-state index is 12.3. The van der Waals surface area contributed by atoms with E-state index in [1.807, 2.05) is 37.3 Å². The Morgan fingerprint density at radius 2 is 2.09 bits per heavy atom. The number of nitrogens with zero attached hydrogens (tertiary/aromatic N) is 4. The van der Waals surface area contributed by atoms with Gasteiger partial charge in [0.1, 0.15) is 6.33 Å². The van der Waals surface area contributed by atoms with Crippen LogP contribution in [0.25, 0.3) is 0 Å². The molecule has 0 aliphatic carbocycles. The minimum absolute atomic E-state index is 0.313. The van der Waals surface area contributed by atoms with Gasteiger partial charge in [0.05, 0.1) is 0 Å². The lowest BCUT2D eigenvalue weighted by Gasteiger charge is -2.15. The molecule has 1 amide bonds. The average Bonchev–Trinajstić information content (AvgIpc) is 3.10. The fourth-order valence-electron chi connectivity index (χ4n) is 1.98. The molecule has 0 aliphatic rings. The van der Waals surface area contributed by atoms with Crippen molar-refractivity contribution >= 4 is 11.9 Å². The van der Waals surface area contributed by atoms with Crippen molar-refractivity contribution < 1.29 is 14.3 Å². The Hall–Kier alpha value is -2.77. The van der Waals surface area contributed by atoms with E-state index in [1.54, 1.807) is 0 Å². The Bertz CT molecular complexity index is 615. The van der Waals surface area contributed by atoms with E-state index in [2.05, 4.69) is 20.8 Å². The summed E-state index contributed by atoms with van der Waals surface area (Å²) >= 11 is 0. The monoisotopic (exact) mass is 317 g/mol. The second kappa shape index (κ2) is 8.62. The second-order valence-electron chi connectivity index (χ2n) is 4.95. The first kappa shape index (κ1) is 16.6. The molecule has 0 aliphatic heterocycles. The Labute approximate surface area is 133 Å². The molecule has 0 unspecified atom stereocenters. The summed E-state index contributed by atoms with van der Waals surface area (Å²) in [5.74, 6) is -0.872. The van der Waals surface area contributed by atoms with E-state index in [9.17, 15) is 9.59 Å². The van der Waals surface area contributed by atoms with Crippen LogP contribution < -0.4 is 5.32 Å². The number of tetrazole rings is 1. The Morgan fingerprint density at radius 3 is 2.74 bits per heavy atom. The van der Waals surface area contributed by atoms with Gasteiger partial charge in [0, 0.05) is 13.0 Å². The summed E-state index contributed by atoms with van der Waals surface area (Å²) in [6, 6.07) is 8.75. The molecular formula is C15H19N5O3. The third-order valence-electron chi connectivity index (χ3n) is 3.15. The zero-order chi connectivity index (χ0) is 16.5. The zero-order valence-corrected chi connectivity index (χ0v) is 12.9. The molecule has 2 aromatic rings. The number of rotatable bonds is 8. The van der Waals surface area contributed by atoms with Crippen LogP contribution in [0.3, 0.4) is 0 Å². The molecule has 122 valence electrons. The number of carbonyl (C=O) groups is 2. The second-order valence-corrected chi connectivity index (χ2v) is 4.95. The molecule has 0 radical (unpaired) electrons. The molecule has 8 nitrogen and oxygen atoms in total. The van der Waals surface area contributed by atoms with Gasteiger partial charge in [-0.3, -0.25) is 4.79 Å². The number of amides is 1. The molecule has 1 aromatic carbocycles. The van der Waals surface area contributed by atoms with Crippen molar-refractivity contribution in [1.29, 1.82) is 0 Å². The molecule has 0 spiro atoms. The summed E-state index contributed by atoms with van der Waals surface area (Å²) in [5.41, 5.74) is 0.945. The number of esters is 1. The molecule has 1 aromatic heterocycles. The van der Waals surface area contributed by atoms with Crippen LogP contribution in [0.4, 0.5) is 0 Å². The number of nitrogens with one attached hydrogen (secondary N) is 1. The van der Waals surface area contributed by atoms with E-state index < -0.39 is 12.0 Å². The molecule has 2 rings (SSSR count). The zero-order valence-electron chi connectivity index (χ0n) is 12.9. The van der Waals surface area contributed by atoms with E-state index in [0.717, 1.165) is 12.0 Å². The first-order valence-electron chi connectivity index (χ1n) is 7.40. The summed E-state index contributed by atoms with van der Waals surface area (Å²) in [7, 11) is 0. The third-order valence-corrected chi connectivity index (χ3v) is 3.15. The van der Waals surface area contributed by atoms with Crippen LogP contribution in [0.5, 0.6) is 0 Å². The summed E-state index contributed by atoms with van der Waals surface area (Å²) in [6.45, 7) is 2.18. The number of hydrogen-bond acceptors (Lipinski definition) is 6. The van der Waals surface area contributed by atoms with Crippen molar-refractivity contribution in [2.24, 2.45) is 0 Å². The lowest BCUT2D eigenvalue weighted by molar-refractivity contribution is -0.152. The SMILES string of the molecule is CCCNC(=O)COC(=O)[C@H](Cc1ccccc1)n1cnnn1. The topological polar surface area (TPSA) is 99.0 Å². The van der Waals surface area contributed by atoms with Gasteiger partial charge < -0.3 is 10.1 Å². The smallest absolute Gasteiger partial charge is 0.331 e. The molecular weight excluding hydrogens is 298 g/mol. The fourth-order valence-corrected chi connectivity index (χ4v) is 1.98. The van der Waals surface area contributed by atoms with Gasteiger partial charge in [-0.1, -0.05) is 37.3 Å². The van der Waals surface area contributed by atoms with Crippen LogP contribution in [0.15, 0.2) is 36.7 Å². The van der Waals surface area contributed by atoms with Crippen LogP contribution in [0, 0.1) is 0 Å². The first-order valence-corrected chi connectivity index (χ1v) is 7.40. The maximum Gasteiger partial charge on any atom is 0.331 e. The van der Waals surface area contributed by atoms with Crippen molar-refractivity contribution in [3.05, 3.63) is 42.2 Å². The average molecular weight is 317 g/mol. The number of ether oxygens (including phenoxy) is 1. The highest BCUT2D eigenvalue weighted by Gasteiger charge is 2.24. The third kappa shape index (κ3) is 5.17. The summed E-state index contributed by atoms with van der Waals surface area (Å²) < 4.78 is 6.42. The minimum Gasteiger partial charge on any atom is -0.454 e. The van der Waals surface area contributed by atoms with Gasteiger partial charge in [0.15, 0.2) is 12.6 Å². The lowest BCUT2D eigenvalue weighted by atomic mass is 10.1. The van der Waals surface area contributed by atoms with Gasteiger partial charge in [-0.15, -0.1) is 5.10 Å². The Balaban J connectivity index is 1.99. The van der Waals surface area contributed by atoms with Gasteiger partial charge >= 0.3 is 5.97 Å². The number of hydrogen-bond donors (Lipinski definition) is 1. The molecule has 23 heavy (non-hydrogen) atoms. The molecule has 0 bridgehead atoms. The number of benzene rings is 1. The van der Waals surface area contributed by atoms with Crippen molar-refractivity contribution in [1.82, 2.24) is 25.5 Å². The van der Waals surface area contributed by atoms with Crippen molar-refractivity contribution in [2.75, 3.05) is 13.2 Å². The molecule has 0 saturated carbocycles. The molecule has 1 atom stereocenters. The largest absolute Gasteiger partial charge is 0.454 e. The van der Waals surface area contributed by atoms with Crippen LogP contribution in [-0.4, -0.2) is 45.2 Å². The Kier molecular flexibility index (Phi) is 6.22. The van der Waals surface area contributed by atoms with Crippen LogP contribution in [0.1, 0.15) is 24.9 Å². The minimum atomic E-state index is -0.716. The van der Waals surface area contributed by atoms with E-state index in [0.29, 0.717) is 13.0 Å². The highest BCUT2D eigenvalue weighted by molar-refractivity contribution is 5.81. The van der Waals surface area contributed by atoms with Gasteiger partial charge in [-0.2, -0.15) is 0 Å². The van der Waals surface area contributed by atoms with E-state index in [4.69, 9.17) is 4.74 Å². The summed E-state index contributed by atoms with van der Waals surface area (Å²) in [4.78, 5) is 23.8. The maximum absolute atomic E-state index is 12.3. The highest BCUT2D eigenvalue weighted by atomic mass is 16.5. The fraction of sp³-hybridized carbons (Fsp3) is 0.400. The van der Waals surface area contributed by atoms with E-state index in [1.165, 1.54) is 11.0 Å². The van der Waals surface area contributed by atoms with Crippen LogP contribution >= 0.6 is 0 Å². The van der Waals surface area contributed by atoms with Gasteiger partial charge in [-0.05, 0) is 22.4 Å². The van der Waals surface area contributed by atoms with Crippen molar-refractivity contribution in [3.8, 4) is 0 Å². The predicted octanol–water partition coefficient (Wildman–Crippen LogP) is 0.526. The molecule has 0 fully saturated rings. The van der Waals surface area contributed by atoms with Crippen LogP contribution in [0.2, 0.25) is 0 Å². The lowest BCUT2D eigenvalue weighted by Crippen LogP contribution is -2.32. The summed E-state index contributed by atoms with van der Waals surface area (Å²) in [5, 5.41) is 13.5. The standard InChI is InChI=1S/C15H19N5O3/c1-2-8-16-14(21)10-23-15(22)13(20-11-17-18-19-20)9-12-6-4-3-5-7-12/h3-7,11,13H,2,8-10H2,1H3,(H,16,21)/t13-/m0/s1. The molecule has 8 heteroatoms. The number of aromatic nitrogens is 4. The first-order chi connectivity index (χ1) is 11.2. The predicted molar refractivity (Wildman–Crippen MR) is 81.3 cm³/mol. The van der Waals surface area contributed by atoms with Crippen molar-refractivity contribution in [3.63, 3.8) is 0 Å². The van der Waals surface area contributed by atoms with Crippen molar-refractivity contribution in [2.45, 2.75) is 25.8 Å². The molecule has 1 N–H and O–H groups in total. The molecule has 1 heterocycles. The summed E-state index contributed by atoms with van der Waals surface area (Å²) in [6.07, 6.45) is 2.55. The van der Waals surface area contributed by atoms with E-state index in [-0.39, 0.29) is 12.5 Å². The highest BCUT2D eigenvalue weighted by Crippen LogP contribution is 2.14. The normalized spacial score (nSPS) is 11.7.